The first kappa shape index (κ1) is 34.6. The first-order chi connectivity index (χ1) is 21.1. The van der Waals surface area contributed by atoms with E-state index in [1.807, 2.05) is 13.8 Å². The van der Waals surface area contributed by atoms with Gasteiger partial charge in [0.25, 0.3) is 0 Å². The van der Waals surface area contributed by atoms with Gasteiger partial charge < -0.3 is 31.3 Å². The molecule has 7 nitrogen and oxygen atoms in total. The number of aliphatic hydroxyl groups is 1. The maximum atomic E-state index is 12.4. The Hall–Kier alpha value is -0.730. The first-order valence-corrected chi connectivity index (χ1v) is 18.9. The Kier molecular flexibility index (Phi) is 11.8. The molecule has 4 aliphatic carbocycles. The molecule has 0 radical (unpaired) electrons. The normalized spacial score (nSPS) is 40.3. The van der Waals surface area contributed by atoms with Crippen LogP contribution in [0.1, 0.15) is 112 Å². The second-order valence-electron chi connectivity index (χ2n) is 16.8. The van der Waals surface area contributed by atoms with Gasteiger partial charge in [0.2, 0.25) is 5.91 Å². The number of hydrogen-bond donors (Lipinski definition) is 4. The van der Waals surface area contributed by atoms with E-state index in [4.69, 9.17) is 5.73 Å². The summed E-state index contributed by atoms with van der Waals surface area (Å²) in [5.74, 6) is 4.07. The minimum atomic E-state index is -0.206. The Morgan fingerprint density at radius 3 is 2.32 bits per heavy atom. The van der Waals surface area contributed by atoms with Crippen LogP contribution in [0.25, 0.3) is 0 Å². The summed E-state index contributed by atoms with van der Waals surface area (Å²) in [4.78, 5) is 17.6. The first-order valence-electron chi connectivity index (χ1n) is 18.9. The van der Waals surface area contributed by atoms with Crippen LogP contribution in [0.2, 0.25) is 0 Å². The number of nitrogens with two attached hydrogens (primary N) is 1. The van der Waals surface area contributed by atoms with Crippen molar-refractivity contribution in [3.05, 3.63) is 0 Å². The number of carbonyl (C=O) groups excluding carboxylic acids is 1. The van der Waals surface area contributed by atoms with Gasteiger partial charge in [-0.25, -0.2) is 0 Å². The van der Waals surface area contributed by atoms with Crippen LogP contribution in [0.5, 0.6) is 0 Å². The molecule has 1 heterocycles. The highest BCUT2D eigenvalue weighted by Crippen LogP contribution is 2.68. The van der Waals surface area contributed by atoms with Gasteiger partial charge in [-0.05, 0) is 157 Å². The van der Waals surface area contributed by atoms with Crippen LogP contribution in [-0.2, 0) is 4.79 Å². The highest BCUT2D eigenvalue weighted by Gasteiger charge is 2.63. The van der Waals surface area contributed by atoms with E-state index in [9.17, 15) is 9.90 Å². The van der Waals surface area contributed by atoms with E-state index in [0.29, 0.717) is 41.5 Å². The van der Waals surface area contributed by atoms with Crippen molar-refractivity contribution in [3.63, 3.8) is 0 Å². The molecule has 5 fully saturated rings. The molecule has 0 bridgehead atoms. The van der Waals surface area contributed by atoms with Crippen LogP contribution in [-0.4, -0.2) is 91.4 Å². The van der Waals surface area contributed by atoms with Gasteiger partial charge in [0.05, 0.1) is 6.10 Å². The zero-order valence-corrected chi connectivity index (χ0v) is 29.2. The van der Waals surface area contributed by atoms with Crippen LogP contribution >= 0.6 is 0 Å². The van der Waals surface area contributed by atoms with Crippen molar-refractivity contribution in [2.45, 2.75) is 130 Å². The van der Waals surface area contributed by atoms with Gasteiger partial charge in [-0.3, -0.25) is 4.79 Å². The maximum absolute atomic E-state index is 12.4. The molecule has 0 spiro atoms. The van der Waals surface area contributed by atoms with Gasteiger partial charge in [-0.15, -0.1) is 0 Å². The van der Waals surface area contributed by atoms with Crippen LogP contribution in [0, 0.1) is 46.3 Å². The third-order valence-electron chi connectivity index (χ3n) is 14.0. The Bertz CT molecular complexity index is 924. The number of aliphatic hydroxyl groups excluding tert-OH is 1. The number of carbonyl (C=O) groups is 1. The molecular weight excluding hydrogens is 546 g/mol. The number of rotatable bonds is 13. The fourth-order valence-corrected chi connectivity index (χ4v) is 11.5. The van der Waals surface area contributed by atoms with Crippen LogP contribution in [0.4, 0.5) is 0 Å². The molecular formula is C37H69N5O2. The van der Waals surface area contributed by atoms with Crippen molar-refractivity contribution < 1.29 is 9.90 Å². The van der Waals surface area contributed by atoms with Crippen LogP contribution < -0.4 is 16.4 Å². The van der Waals surface area contributed by atoms with Crippen LogP contribution in [0.3, 0.4) is 0 Å². The SMILES string of the molecule is CC(C)NC(=O)CC[C@@H](C)[C@H]1CCC2C3CCC4C[C@@H](NCCCN5CCN(CCCN)CC5)CC[C@]4(C)C3C[C@H](O)[C@@]21C. The Balaban J connectivity index is 1.09. The smallest absolute Gasteiger partial charge is 0.220 e. The Labute approximate surface area is 270 Å². The number of nitrogens with one attached hydrogen (secondary N) is 2. The van der Waals surface area contributed by atoms with Crippen molar-refractivity contribution in [1.29, 1.82) is 0 Å². The number of nitrogens with zero attached hydrogens (tertiary/aromatic N) is 2. The summed E-state index contributed by atoms with van der Waals surface area (Å²) in [5.41, 5.74) is 6.08. The summed E-state index contributed by atoms with van der Waals surface area (Å²) in [5, 5.41) is 19.0. The van der Waals surface area contributed by atoms with Crippen molar-refractivity contribution >= 4 is 5.91 Å². The Morgan fingerprint density at radius 1 is 0.932 bits per heavy atom. The molecule has 5 aliphatic rings. The summed E-state index contributed by atoms with van der Waals surface area (Å²) in [6, 6.07) is 0.871. The second-order valence-corrected chi connectivity index (χ2v) is 16.8. The lowest BCUT2D eigenvalue weighted by molar-refractivity contribution is -0.169. The predicted octanol–water partition coefficient (Wildman–Crippen LogP) is 4.87. The number of amides is 1. The fourth-order valence-electron chi connectivity index (χ4n) is 11.5. The van der Waals surface area contributed by atoms with E-state index in [1.165, 1.54) is 84.1 Å². The topological polar surface area (TPSA) is 93.9 Å². The molecule has 7 heteroatoms. The van der Waals surface area contributed by atoms with E-state index in [1.54, 1.807) is 0 Å². The molecule has 254 valence electrons. The van der Waals surface area contributed by atoms with E-state index in [0.717, 1.165) is 50.7 Å². The van der Waals surface area contributed by atoms with Crippen LogP contribution in [0.15, 0.2) is 0 Å². The molecule has 44 heavy (non-hydrogen) atoms. The van der Waals surface area contributed by atoms with Crippen molar-refractivity contribution in [1.82, 2.24) is 20.4 Å². The summed E-state index contributed by atoms with van der Waals surface area (Å²) >= 11 is 0. The third-order valence-corrected chi connectivity index (χ3v) is 14.0. The lowest BCUT2D eigenvalue weighted by Crippen LogP contribution is -2.59. The molecule has 1 aliphatic heterocycles. The monoisotopic (exact) mass is 616 g/mol. The quantitative estimate of drug-likeness (QED) is 0.221. The van der Waals surface area contributed by atoms with Gasteiger partial charge in [0, 0.05) is 44.7 Å². The van der Waals surface area contributed by atoms with E-state index in [-0.39, 0.29) is 23.5 Å². The molecule has 4 unspecified atom stereocenters. The molecule has 1 saturated heterocycles. The van der Waals surface area contributed by atoms with Gasteiger partial charge >= 0.3 is 0 Å². The number of hydrogen-bond acceptors (Lipinski definition) is 6. The molecule has 0 aromatic rings. The zero-order valence-electron chi connectivity index (χ0n) is 29.2. The molecule has 5 rings (SSSR count). The van der Waals surface area contributed by atoms with Gasteiger partial charge in [0.1, 0.15) is 0 Å². The predicted molar refractivity (Wildman–Crippen MR) is 181 cm³/mol. The summed E-state index contributed by atoms with van der Waals surface area (Å²) in [6.45, 7) is 20.6. The molecule has 4 saturated carbocycles. The molecule has 5 N–H and O–H groups in total. The Morgan fingerprint density at radius 2 is 1.64 bits per heavy atom. The number of piperazine rings is 1. The van der Waals surface area contributed by atoms with Gasteiger partial charge in [-0.2, -0.15) is 0 Å². The summed E-state index contributed by atoms with van der Waals surface area (Å²) in [7, 11) is 0. The molecule has 0 aromatic heterocycles. The minimum absolute atomic E-state index is 0.00811. The highest BCUT2D eigenvalue weighted by molar-refractivity contribution is 5.76. The largest absolute Gasteiger partial charge is 0.393 e. The lowest BCUT2D eigenvalue weighted by Gasteiger charge is -2.62. The standard InChI is InChI=1S/C37H69N5O2/c1-26(2)40-35(44)13-8-27(3)31-11-12-32-30-10-9-28-24-29(14-15-36(28,4)33(30)25-34(43)37(31,32)5)39-17-7-19-42-22-20-41(21-23-42)18-6-16-38/h26-34,39,43H,6-25,38H2,1-5H3,(H,40,44)/t27-,28?,29+,30?,31-,32?,33?,34+,36+,37-/m1/s1. The maximum Gasteiger partial charge on any atom is 0.220 e. The minimum Gasteiger partial charge on any atom is -0.393 e. The second kappa shape index (κ2) is 15.0. The van der Waals surface area contributed by atoms with E-state index < -0.39 is 0 Å². The zero-order chi connectivity index (χ0) is 31.5. The molecule has 10 atom stereocenters. The third kappa shape index (κ3) is 7.37. The number of fused-ring (bicyclic) bond motifs is 5. The van der Waals surface area contributed by atoms with Crippen molar-refractivity contribution in [2.75, 3.05) is 52.4 Å². The lowest BCUT2D eigenvalue weighted by atomic mass is 9.43. The van der Waals surface area contributed by atoms with E-state index >= 15 is 0 Å². The van der Waals surface area contributed by atoms with Gasteiger partial charge in [0.15, 0.2) is 0 Å². The van der Waals surface area contributed by atoms with Gasteiger partial charge in [-0.1, -0.05) is 20.8 Å². The fraction of sp³-hybridized carbons (Fsp3) is 0.973. The highest BCUT2D eigenvalue weighted by atomic mass is 16.3. The average molecular weight is 616 g/mol. The molecule has 0 aromatic carbocycles. The van der Waals surface area contributed by atoms with Crippen molar-refractivity contribution in [3.8, 4) is 0 Å². The van der Waals surface area contributed by atoms with Crippen molar-refractivity contribution in [2.24, 2.45) is 52.1 Å². The van der Waals surface area contributed by atoms with E-state index in [2.05, 4.69) is 41.2 Å². The molecule has 1 amide bonds. The average Bonchev–Trinajstić information content (AvgIpc) is 3.36. The summed E-state index contributed by atoms with van der Waals surface area (Å²) < 4.78 is 0. The summed E-state index contributed by atoms with van der Waals surface area (Å²) in [6.07, 6.45) is 13.9.